The lowest BCUT2D eigenvalue weighted by atomic mass is 10.0. The van der Waals surface area contributed by atoms with Gasteiger partial charge in [-0.05, 0) is 62.7 Å². The summed E-state index contributed by atoms with van der Waals surface area (Å²) in [5.74, 6) is -0.467. The van der Waals surface area contributed by atoms with E-state index < -0.39 is 5.82 Å². The van der Waals surface area contributed by atoms with Crippen molar-refractivity contribution in [1.82, 2.24) is 14.4 Å². The van der Waals surface area contributed by atoms with Gasteiger partial charge in [-0.25, -0.2) is 9.37 Å². The standard InChI is InChI=1S/C26H24ClFN4O2/c1-15-10-18(6-7-29-15)24-14-31(8-9-34-24)20-12-22(21-5-4-19(27)11-23(21)28)25-30-17(3)16(2)26(33)32(25)13-20/h4-7,10-13,24H,8-9,14H2,1-3H3/t24-/m1/s1. The van der Waals surface area contributed by atoms with Crippen LogP contribution in [0.5, 0.6) is 0 Å². The molecule has 0 aliphatic carbocycles. The number of hydrogen-bond donors (Lipinski definition) is 0. The minimum absolute atomic E-state index is 0.142. The van der Waals surface area contributed by atoms with E-state index in [2.05, 4.69) is 14.9 Å². The van der Waals surface area contributed by atoms with Crippen LogP contribution in [0.4, 0.5) is 10.1 Å². The molecule has 4 heterocycles. The first-order chi connectivity index (χ1) is 16.3. The van der Waals surface area contributed by atoms with Crippen LogP contribution in [0.1, 0.15) is 28.6 Å². The highest BCUT2D eigenvalue weighted by molar-refractivity contribution is 6.30. The van der Waals surface area contributed by atoms with Gasteiger partial charge in [0.1, 0.15) is 17.6 Å². The van der Waals surface area contributed by atoms with E-state index in [4.69, 9.17) is 16.3 Å². The van der Waals surface area contributed by atoms with Crippen molar-refractivity contribution in [2.24, 2.45) is 0 Å². The summed E-state index contributed by atoms with van der Waals surface area (Å²) in [4.78, 5) is 24.3. The Labute approximate surface area is 201 Å². The van der Waals surface area contributed by atoms with Gasteiger partial charge in [-0.2, -0.15) is 0 Å². The topological polar surface area (TPSA) is 59.7 Å². The summed E-state index contributed by atoms with van der Waals surface area (Å²) in [6, 6.07) is 10.4. The van der Waals surface area contributed by atoms with E-state index in [0.29, 0.717) is 52.8 Å². The van der Waals surface area contributed by atoms with Crippen molar-refractivity contribution < 1.29 is 9.13 Å². The molecular weight excluding hydrogens is 455 g/mol. The number of aryl methyl sites for hydroxylation is 2. The van der Waals surface area contributed by atoms with E-state index in [1.54, 1.807) is 38.4 Å². The molecular formula is C26H24ClFN4O2. The molecule has 0 N–H and O–H groups in total. The Morgan fingerprint density at radius 1 is 1.12 bits per heavy atom. The van der Waals surface area contributed by atoms with Crippen molar-refractivity contribution in [3.05, 3.63) is 92.5 Å². The predicted molar refractivity (Wildman–Crippen MR) is 131 cm³/mol. The fraction of sp³-hybridized carbons (Fsp3) is 0.269. The Bertz CT molecular complexity index is 1470. The van der Waals surface area contributed by atoms with Crippen LogP contribution in [0.15, 0.2) is 53.6 Å². The Morgan fingerprint density at radius 3 is 2.71 bits per heavy atom. The van der Waals surface area contributed by atoms with Gasteiger partial charge in [0.15, 0.2) is 0 Å². The van der Waals surface area contributed by atoms with E-state index in [1.807, 2.05) is 25.1 Å². The van der Waals surface area contributed by atoms with Gasteiger partial charge in [0.05, 0.1) is 12.3 Å². The van der Waals surface area contributed by atoms with Gasteiger partial charge in [-0.3, -0.25) is 14.2 Å². The molecule has 0 amide bonds. The molecule has 34 heavy (non-hydrogen) atoms. The fourth-order valence-corrected chi connectivity index (χ4v) is 4.51. The van der Waals surface area contributed by atoms with Gasteiger partial charge >= 0.3 is 0 Å². The lowest BCUT2D eigenvalue weighted by Gasteiger charge is -2.35. The highest BCUT2D eigenvalue weighted by Crippen LogP contribution is 2.33. The lowest BCUT2D eigenvalue weighted by molar-refractivity contribution is 0.0397. The van der Waals surface area contributed by atoms with Crippen molar-refractivity contribution in [2.45, 2.75) is 26.9 Å². The molecule has 8 heteroatoms. The lowest BCUT2D eigenvalue weighted by Crippen LogP contribution is -2.38. The smallest absolute Gasteiger partial charge is 0.261 e. The molecule has 6 nitrogen and oxygen atoms in total. The zero-order chi connectivity index (χ0) is 24.0. The molecule has 3 aromatic heterocycles. The molecule has 5 rings (SSSR count). The number of pyridine rings is 2. The molecule has 0 unspecified atom stereocenters. The monoisotopic (exact) mass is 478 g/mol. The Kier molecular flexibility index (Phi) is 5.83. The molecule has 0 bridgehead atoms. The van der Waals surface area contributed by atoms with Crippen LogP contribution in [0.25, 0.3) is 16.8 Å². The third-order valence-corrected chi connectivity index (χ3v) is 6.56. The van der Waals surface area contributed by atoms with E-state index in [1.165, 1.54) is 10.5 Å². The number of benzene rings is 1. The van der Waals surface area contributed by atoms with Crippen molar-refractivity contribution in [3.8, 4) is 11.1 Å². The van der Waals surface area contributed by atoms with Gasteiger partial charge in [-0.1, -0.05) is 11.6 Å². The van der Waals surface area contributed by atoms with Gasteiger partial charge in [-0.15, -0.1) is 0 Å². The molecule has 1 fully saturated rings. The van der Waals surface area contributed by atoms with E-state index in [9.17, 15) is 4.79 Å². The van der Waals surface area contributed by atoms with Gasteiger partial charge < -0.3 is 9.64 Å². The number of ether oxygens (including phenoxy) is 1. The van der Waals surface area contributed by atoms with E-state index in [0.717, 1.165) is 16.9 Å². The van der Waals surface area contributed by atoms with Crippen LogP contribution >= 0.6 is 11.6 Å². The van der Waals surface area contributed by atoms with Crippen LogP contribution in [-0.4, -0.2) is 34.1 Å². The number of hydrogen-bond acceptors (Lipinski definition) is 5. The van der Waals surface area contributed by atoms with Crippen molar-refractivity contribution in [1.29, 1.82) is 0 Å². The SMILES string of the molecule is Cc1cc([C@H]2CN(c3cc(-c4ccc(Cl)cc4F)c4nc(C)c(C)c(=O)n4c3)CCO2)ccn1. The van der Waals surface area contributed by atoms with Crippen molar-refractivity contribution in [3.63, 3.8) is 0 Å². The number of rotatable bonds is 3. The number of nitrogens with zero attached hydrogens (tertiary/aromatic N) is 4. The Morgan fingerprint density at radius 2 is 1.94 bits per heavy atom. The average molecular weight is 479 g/mol. The normalized spacial score (nSPS) is 16.3. The summed E-state index contributed by atoms with van der Waals surface area (Å²) in [7, 11) is 0. The quantitative estimate of drug-likeness (QED) is 0.412. The summed E-state index contributed by atoms with van der Waals surface area (Å²) in [6.45, 7) is 7.24. The molecule has 0 radical (unpaired) electrons. The maximum Gasteiger partial charge on any atom is 0.261 e. The maximum absolute atomic E-state index is 15.0. The number of fused-ring (bicyclic) bond motifs is 1. The van der Waals surface area contributed by atoms with Crippen molar-refractivity contribution >= 4 is 22.9 Å². The highest BCUT2D eigenvalue weighted by atomic mass is 35.5. The second-order valence-corrected chi connectivity index (χ2v) is 9.03. The van der Waals surface area contributed by atoms with Gasteiger partial charge in [0, 0.05) is 58.6 Å². The van der Waals surface area contributed by atoms with E-state index in [-0.39, 0.29) is 11.7 Å². The second kappa shape index (κ2) is 8.81. The third-order valence-electron chi connectivity index (χ3n) is 6.32. The molecule has 0 saturated carbocycles. The van der Waals surface area contributed by atoms with Crippen LogP contribution in [0, 0.1) is 26.6 Å². The average Bonchev–Trinajstić information content (AvgIpc) is 2.82. The molecule has 1 aliphatic rings. The fourth-order valence-electron chi connectivity index (χ4n) is 4.35. The first-order valence-electron chi connectivity index (χ1n) is 11.1. The summed E-state index contributed by atoms with van der Waals surface area (Å²) in [5, 5.41) is 0.308. The van der Waals surface area contributed by atoms with Gasteiger partial charge in [0.2, 0.25) is 0 Å². The van der Waals surface area contributed by atoms with E-state index >= 15 is 4.39 Å². The molecule has 1 atom stereocenters. The molecule has 0 spiro atoms. The summed E-state index contributed by atoms with van der Waals surface area (Å²) in [6.07, 6.45) is 3.42. The summed E-state index contributed by atoms with van der Waals surface area (Å²) >= 11 is 5.99. The summed E-state index contributed by atoms with van der Waals surface area (Å²) < 4.78 is 22.6. The largest absolute Gasteiger partial charge is 0.370 e. The van der Waals surface area contributed by atoms with Gasteiger partial charge in [0.25, 0.3) is 5.56 Å². The van der Waals surface area contributed by atoms with Crippen LogP contribution in [0.3, 0.4) is 0 Å². The minimum atomic E-state index is -0.467. The summed E-state index contributed by atoms with van der Waals surface area (Å²) in [5.41, 5.74) is 5.06. The van der Waals surface area contributed by atoms with Crippen LogP contribution < -0.4 is 10.5 Å². The molecule has 1 aliphatic heterocycles. The molecule has 1 aromatic carbocycles. The zero-order valence-corrected chi connectivity index (χ0v) is 19.9. The van der Waals surface area contributed by atoms with Crippen LogP contribution in [-0.2, 0) is 4.74 Å². The Balaban J connectivity index is 1.66. The van der Waals surface area contributed by atoms with Crippen LogP contribution in [0.2, 0.25) is 5.02 Å². The number of anilines is 1. The Hall–Kier alpha value is -3.29. The van der Waals surface area contributed by atoms with Crippen molar-refractivity contribution in [2.75, 3.05) is 24.6 Å². The zero-order valence-electron chi connectivity index (χ0n) is 19.2. The number of aromatic nitrogens is 3. The predicted octanol–water partition coefficient (Wildman–Crippen LogP) is 5.05. The number of morpholine rings is 1. The molecule has 1 saturated heterocycles. The first kappa shape index (κ1) is 22.5. The molecule has 4 aromatic rings. The first-order valence-corrected chi connectivity index (χ1v) is 11.5. The third kappa shape index (κ3) is 4.06. The molecule has 174 valence electrons. The minimum Gasteiger partial charge on any atom is -0.370 e. The number of halogens is 2. The second-order valence-electron chi connectivity index (χ2n) is 8.59. The maximum atomic E-state index is 15.0. The highest BCUT2D eigenvalue weighted by Gasteiger charge is 2.25.